The highest BCUT2D eigenvalue weighted by molar-refractivity contribution is 5.85. The van der Waals surface area contributed by atoms with Crippen LogP contribution in [0.3, 0.4) is 0 Å². The van der Waals surface area contributed by atoms with Crippen LogP contribution in [0, 0.1) is 5.92 Å². The average Bonchev–Trinajstić information content (AvgIpc) is 2.71. The van der Waals surface area contributed by atoms with Gasteiger partial charge in [0.05, 0.1) is 0 Å². The lowest BCUT2D eigenvalue weighted by molar-refractivity contribution is -0.121. The van der Waals surface area contributed by atoms with Crippen LogP contribution in [0.2, 0.25) is 0 Å². The number of hydrogen-bond donors (Lipinski definition) is 2. The number of methoxy groups -OCH3 is 1. The van der Waals surface area contributed by atoms with Crippen molar-refractivity contribution in [1.29, 1.82) is 0 Å². The Kier molecular flexibility index (Phi) is 9.68. The summed E-state index contributed by atoms with van der Waals surface area (Å²) in [4.78, 5) is 11.3. The van der Waals surface area contributed by atoms with E-state index >= 15 is 0 Å². The van der Waals surface area contributed by atoms with E-state index in [1.165, 1.54) is 6.42 Å². The highest BCUT2D eigenvalue weighted by atomic mass is 35.5. The number of amides is 1. The van der Waals surface area contributed by atoms with Gasteiger partial charge in [0.15, 0.2) is 0 Å². The molecule has 0 spiro atoms. The molecule has 0 aromatic carbocycles. The van der Waals surface area contributed by atoms with Crippen molar-refractivity contribution < 1.29 is 9.53 Å². The molecule has 1 unspecified atom stereocenters. The van der Waals surface area contributed by atoms with Gasteiger partial charge >= 0.3 is 0 Å². The Morgan fingerprint density at radius 3 is 3.00 bits per heavy atom. The normalized spacial score (nSPS) is 19.2. The molecule has 0 aromatic rings. The fraction of sp³-hybridized carbons (Fsp3) is 0.909. The molecule has 1 saturated heterocycles. The van der Waals surface area contributed by atoms with Crippen LogP contribution >= 0.6 is 12.4 Å². The average molecular weight is 251 g/mol. The minimum Gasteiger partial charge on any atom is -0.385 e. The molecular formula is C11H23ClN2O2. The van der Waals surface area contributed by atoms with E-state index < -0.39 is 0 Å². The second-order valence-electron chi connectivity index (χ2n) is 4.09. The zero-order valence-electron chi connectivity index (χ0n) is 9.96. The molecule has 0 saturated carbocycles. The summed E-state index contributed by atoms with van der Waals surface area (Å²) < 4.78 is 4.89. The minimum absolute atomic E-state index is 0. The van der Waals surface area contributed by atoms with E-state index in [-0.39, 0.29) is 18.3 Å². The van der Waals surface area contributed by atoms with Crippen molar-refractivity contribution in [3.05, 3.63) is 0 Å². The van der Waals surface area contributed by atoms with Gasteiger partial charge in [0.1, 0.15) is 0 Å². The van der Waals surface area contributed by atoms with Gasteiger partial charge in [0.25, 0.3) is 0 Å². The molecule has 0 radical (unpaired) electrons. The van der Waals surface area contributed by atoms with Crippen LogP contribution in [0.1, 0.15) is 25.7 Å². The van der Waals surface area contributed by atoms with Crippen molar-refractivity contribution >= 4 is 18.3 Å². The quantitative estimate of drug-likeness (QED) is 0.662. The topological polar surface area (TPSA) is 50.4 Å². The molecule has 1 amide bonds. The lowest BCUT2D eigenvalue weighted by atomic mass is 10.1. The summed E-state index contributed by atoms with van der Waals surface area (Å²) in [5, 5.41) is 6.27. The Morgan fingerprint density at radius 2 is 2.38 bits per heavy atom. The number of carbonyl (C=O) groups excluding carboxylic acids is 1. The standard InChI is InChI=1S/C11H22N2O2.ClH/c1-15-8-2-3-11(14)13-7-5-10-4-6-12-9-10;/h10,12H,2-9H2,1H3,(H,13,14);1H. The molecule has 1 aliphatic rings. The smallest absolute Gasteiger partial charge is 0.220 e. The third-order valence-corrected chi connectivity index (χ3v) is 2.79. The highest BCUT2D eigenvalue weighted by Crippen LogP contribution is 2.10. The maximum absolute atomic E-state index is 11.3. The molecule has 1 aliphatic heterocycles. The lowest BCUT2D eigenvalue weighted by Gasteiger charge is -2.09. The number of hydrogen-bond acceptors (Lipinski definition) is 3. The number of ether oxygens (including phenoxy) is 1. The minimum atomic E-state index is 0. The first-order chi connectivity index (χ1) is 7.33. The van der Waals surface area contributed by atoms with Gasteiger partial charge in [-0.05, 0) is 38.3 Å². The van der Waals surface area contributed by atoms with Gasteiger partial charge in [-0.3, -0.25) is 4.79 Å². The van der Waals surface area contributed by atoms with Crippen LogP contribution in [-0.2, 0) is 9.53 Å². The Labute approximate surface area is 104 Å². The van der Waals surface area contributed by atoms with Crippen LogP contribution in [0.4, 0.5) is 0 Å². The molecule has 0 aliphatic carbocycles. The molecule has 1 fully saturated rings. The van der Waals surface area contributed by atoms with Crippen LogP contribution in [0.25, 0.3) is 0 Å². The van der Waals surface area contributed by atoms with Crippen molar-refractivity contribution in [2.45, 2.75) is 25.7 Å². The molecule has 1 atom stereocenters. The maximum Gasteiger partial charge on any atom is 0.220 e. The first-order valence-corrected chi connectivity index (χ1v) is 5.79. The van der Waals surface area contributed by atoms with Crippen molar-refractivity contribution in [1.82, 2.24) is 10.6 Å². The van der Waals surface area contributed by atoms with Crippen LogP contribution in [0.5, 0.6) is 0 Å². The van der Waals surface area contributed by atoms with Gasteiger partial charge in [-0.1, -0.05) is 0 Å². The van der Waals surface area contributed by atoms with Gasteiger partial charge in [-0.2, -0.15) is 0 Å². The number of halogens is 1. The van der Waals surface area contributed by atoms with Crippen molar-refractivity contribution in [2.24, 2.45) is 5.92 Å². The zero-order chi connectivity index (χ0) is 10.9. The molecule has 96 valence electrons. The van der Waals surface area contributed by atoms with Crippen LogP contribution < -0.4 is 10.6 Å². The monoisotopic (exact) mass is 250 g/mol. The van der Waals surface area contributed by atoms with Crippen molar-refractivity contribution in [3.63, 3.8) is 0 Å². The van der Waals surface area contributed by atoms with Gasteiger partial charge in [0, 0.05) is 26.7 Å². The number of carbonyl (C=O) groups is 1. The molecule has 1 rings (SSSR count). The molecule has 0 aromatic heterocycles. The summed E-state index contributed by atoms with van der Waals surface area (Å²) in [7, 11) is 1.66. The Hall–Kier alpha value is -0.320. The fourth-order valence-electron chi connectivity index (χ4n) is 1.84. The molecule has 16 heavy (non-hydrogen) atoms. The van der Waals surface area contributed by atoms with Gasteiger partial charge < -0.3 is 15.4 Å². The van der Waals surface area contributed by atoms with E-state index in [1.54, 1.807) is 7.11 Å². The van der Waals surface area contributed by atoms with E-state index in [1.807, 2.05) is 0 Å². The first-order valence-electron chi connectivity index (χ1n) is 5.79. The third kappa shape index (κ3) is 7.04. The summed E-state index contributed by atoms with van der Waals surface area (Å²) in [5.74, 6) is 0.905. The molecule has 4 nitrogen and oxygen atoms in total. The van der Waals surface area contributed by atoms with Crippen LogP contribution in [-0.4, -0.2) is 39.3 Å². The van der Waals surface area contributed by atoms with Gasteiger partial charge in [0.2, 0.25) is 5.91 Å². The predicted octanol–water partition coefficient (Wildman–Crippen LogP) is 0.951. The molecule has 1 heterocycles. The summed E-state index contributed by atoms with van der Waals surface area (Å²) in [6.45, 7) is 3.73. The van der Waals surface area contributed by atoms with Crippen molar-refractivity contribution in [2.75, 3.05) is 33.4 Å². The lowest BCUT2D eigenvalue weighted by Crippen LogP contribution is -2.26. The van der Waals surface area contributed by atoms with Crippen molar-refractivity contribution in [3.8, 4) is 0 Å². The SMILES string of the molecule is COCCCC(=O)NCCC1CCNC1.Cl. The summed E-state index contributed by atoms with van der Waals surface area (Å²) >= 11 is 0. The Bertz CT molecular complexity index is 185. The first kappa shape index (κ1) is 15.7. The summed E-state index contributed by atoms with van der Waals surface area (Å²) in [6.07, 6.45) is 3.74. The number of nitrogens with one attached hydrogen (secondary N) is 2. The highest BCUT2D eigenvalue weighted by Gasteiger charge is 2.13. The molecular weight excluding hydrogens is 228 g/mol. The summed E-state index contributed by atoms with van der Waals surface area (Å²) in [5.41, 5.74) is 0. The zero-order valence-corrected chi connectivity index (χ0v) is 10.8. The number of rotatable bonds is 7. The second kappa shape index (κ2) is 9.87. The predicted molar refractivity (Wildman–Crippen MR) is 67.0 cm³/mol. The Morgan fingerprint density at radius 1 is 1.56 bits per heavy atom. The van der Waals surface area contributed by atoms with Gasteiger partial charge in [-0.15, -0.1) is 12.4 Å². The van der Waals surface area contributed by atoms with E-state index in [2.05, 4.69) is 10.6 Å². The fourth-order valence-corrected chi connectivity index (χ4v) is 1.84. The molecule has 2 N–H and O–H groups in total. The maximum atomic E-state index is 11.3. The third-order valence-electron chi connectivity index (χ3n) is 2.79. The summed E-state index contributed by atoms with van der Waals surface area (Å²) in [6, 6.07) is 0. The largest absolute Gasteiger partial charge is 0.385 e. The molecule has 5 heteroatoms. The second-order valence-corrected chi connectivity index (χ2v) is 4.09. The Balaban J connectivity index is 0.00000225. The molecule has 0 bridgehead atoms. The van der Waals surface area contributed by atoms with E-state index in [0.29, 0.717) is 13.0 Å². The van der Waals surface area contributed by atoms with Gasteiger partial charge in [-0.25, -0.2) is 0 Å². The van der Waals surface area contributed by atoms with E-state index in [4.69, 9.17) is 4.74 Å². The van der Waals surface area contributed by atoms with Crippen LogP contribution in [0.15, 0.2) is 0 Å². The van der Waals surface area contributed by atoms with E-state index in [9.17, 15) is 4.79 Å². The van der Waals surface area contributed by atoms with E-state index in [0.717, 1.165) is 38.4 Å².